The summed E-state index contributed by atoms with van der Waals surface area (Å²) in [5.74, 6) is 0.842. The van der Waals surface area contributed by atoms with Crippen molar-refractivity contribution >= 4 is 33.6 Å². The summed E-state index contributed by atoms with van der Waals surface area (Å²) in [7, 11) is 0. The monoisotopic (exact) mass is 493 g/mol. The van der Waals surface area contributed by atoms with E-state index in [0.29, 0.717) is 11.0 Å². The highest BCUT2D eigenvalue weighted by atomic mass is 79.9. The summed E-state index contributed by atoms with van der Waals surface area (Å²) in [5.41, 5.74) is 2.82. The van der Waals surface area contributed by atoms with Crippen LogP contribution in [0.2, 0.25) is 0 Å². The molecule has 0 aliphatic heterocycles. The number of benzene rings is 2. The second-order valence-electron chi connectivity index (χ2n) is 6.82. The SMILES string of the molecule is CC(NC(=O)CSc1nnc(-c2cccnc2)n1-c1ccccc1)c1ccccc1Br. The number of aromatic nitrogens is 4. The van der Waals surface area contributed by atoms with Gasteiger partial charge in [-0.2, -0.15) is 0 Å². The maximum absolute atomic E-state index is 12.6. The Morgan fingerprint density at radius 2 is 1.84 bits per heavy atom. The topological polar surface area (TPSA) is 72.7 Å². The predicted molar refractivity (Wildman–Crippen MR) is 126 cm³/mol. The molecule has 0 fully saturated rings. The minimum Gasteiger partial charge on any atom is -0.349 e. The fraction of sp³-hybridized carbons (Fsp3) is 0.130. The third-order valence-electron chi connectivity index (χ3n) is 4.65. The third-order valence-corrected chi connectivity index (χ3v) is 6.30. The molecule has 4 aromatic rings. The van der Waals surface area contributed by atoms with Crippen LogP contribution in [0.5, 0.6) is 0 Å². The molecule has 31 heavy (non-hydrogen) atoms. The second kappa shape index (κ2) is 9.89. The van der Waals surface area contributed by atoms with Gasteiger partial charge in [-0.25, -0.2) is 0 Å². The molecule has 8 heteroatoms. The van der Waals surface area contributed by atoms with Crippen LogP contribution in [0.4, 0.5) is 0 Å². The molecular formula is C23H20BrN5OS. The summed E-state index contributed by atoms with van der Waals surface area (Å²) in [4.78, 5) is 16.8. The van der Waals surface area contributed by atoms with Gasteiger partial charge >= 0.3 is 0 Å². The zero-order valence-corrected chi connectivity index (χ0v) is 19.2. The number of nitrogens with one attached hydrogen (secondary N) is 1. The number of amides is 1. The smallest absolute Gasteiger partial charge is 0.230 e. The first-order valence-corrected chi connectivity index (χ1v) is 11.5. The molecule has 1 atom stereocenters. The van der Waals surface area contributed by atoms with Crippen molar-refractivity contribution in [1.82, 2.24) is 25.1 Å². The normalized spacial score (nSPS) is 11.8. The van der Waals surface area contributed by atoms with Gasteiger partial charge in [0, 0.05) is 28.1 Å². The Morgan fingerprint density at radius 3 is 2.58 bits per heavy atom. The first kappa shape index (κ1) is 21.3. The van der Waals surface area contributed by atoms with Crippen LogP contribution >= 0.6 is 27.7 Å². The summed E-state index contributed by atoms with van der Waals surface area (Å²) in [5, 5.41) is 12.4. The summed E-state index contributed by atoms with van der Waals surface area (Å²) >= 11 is 4.89. The van der Waals surface area contributed by atoms with Crippen molar-refractivity contribution in [3.8, 4) is 17.1 Å². The van der Waals surface area contributed by atoms with Gasteiger partial charge in [-0.1, -0.05) is 64.1 Å². The highest BCUT2D eigenvalue weighted by molar-refractivity contribution is 9.10. The molecule has 2 heterocycles. The number of para-hydroxylation sites is 1. The number of halogens is 1. The van der Waals surface area contributed by atoms with Gasteiger partial charge < -0.3 is 5.32 Å². The number of hydrogen-bond acceptors (Lipinski definition) is 5. The van der Waals surface area contributed by atoms with E-state index < -0.39 is 0 Å². The van der Waals surface area contributed by atoms with E-state index in [0.717, 1.165) is 21.3 Å². The van der Waals surface area contributed by atoms with E-state index in [9.17, 15) is 4.79 Å². The van der Waals surface area contributed by atoms with Crippen molar-refractivity contribution in [1.29, 1.82) is 0 Å². The number of hydrogen-bond donors (Lipinski definition) is 1. The zero-order valence-electron chi connectivity index (χ0n) is 16.8. The van der Waals surface area contributed by atoms with E-state index in [4.69, 9.17) is 0 Å². The van der Waals surface area contributed by atoms with Gasteiger partial charge in [0.2, 0.25) is 5.91 Å². The molecule has 156 valence electrons. The summed E-state index contributed by atoms with van der Waals surface area (Å²) in [6, 6.07) is 21.4. The van der Waals surface area contributed by atoms with E-state index in [-0.39, 0.29) is 17.7 Å². The van der Waals surface area contributed by atoms with Crippen molar-refractivity contribution in [3.05, 3.63) is 89.2 Å². The molecule has 0 aliphatic rings. The van der Waals surface area contributed by atoms with Crippen LogP contribution in [0, 0.1) is 0 Å². The summed E-state index contributed by atoms with van der Waals surface area (Å²) < 4.78 is 2.92. The van der Waals surface area contributed by atoms with E-state index in [2.05, 4.69) is 36.4 Å². The summed E-state index contributed by atoms with van der Waals surface area (Å²) in [6.45, 7) is 1.97. The van der Waals surface area contributed by atoms with Gasteiger partial charge in [-0.05, 0) is 42.8 Å². The van der Waals surface area contributed by atoms with Crippen LogP contribution < -0.4 is 5.32 Å². The van der Waals surface area contributed by atoms with Crippen LogP contribution in [0.15, 0.2) is 88.8 Å². The van der Waals surface area contributed by atoms with Crippen LogP contribution in [0.3, 0.4) is 0 Å². The largest absolute Gasteiger partial charge is 0.349 e. The van der Waals surface area contributed by atoms with Gasteiger partial charge in [-0.15, -0.1) is 10.2 Å². The van der Waals surface area contributed by atoms with Crippen molar-refractivity contribution in [2.45, 2.75) is 18.1 Å². The van der Waals surface area contributed by atoms with E-state index in [1.54, 1.807) is 12.4 Å². The minimum atomic E-state index is -0.110. The van der Waals surface area contributed by atoms with Crippen LogP contribution in [0.25, 0.3) is 17.1 Å². The Labute approximate surface area is 193 Å². The molecule has 2 aromatic carbocycles. The molecule has 1 amide bonds. The molecule has 0 saturated heterocycles. The lowest BCUT2D eigenvalue weighted by Crippen LogP contribution is -2.28. The maximum atomic E-state index is 12.6. The number of thioether (sulfide) groups is 1. The van der Waals surface area contributed by atoms with Gasteiger partial charge in [0.25, 0.3) is 0 Å². The van der Waals surface area contributed by atoms with Crippen LogP contribution in [0.1, 0.15) is 18.5 Å². The average Bonchev–Trinajstić information content (AvgIpc) is 3.23. The fourth-order valence-corrected chi connectivity index (χ4v) is 4.56. The second-order valence-corrected chi connectivity index (χ2v) is 8.62. The Kier molecular flexibility index (Phi) is 6.79. The molecular weight excluding hydrogens is 474 g/mol. The zero-order chi connectivity index (χ0) is 21.6. The Balaban J connectivity index is 1.53. The molecule has 0 spiro atoms. The quantitative estimate of drug-likeness (QED) is 0.364. The molecule has 1 unspecified atom stereocenters. The number of carbonyl (C=O) groups excluding carboxylic acids is 1. The minimum absolute atomic E-state index is 0.0706. The molecule has 0 aliphatic carbocycles. The molecule has 0 bridgehead atoms. The molecule has 4 rings (SSSR count). The Hall–Kier alpha value is -2.97. The molecule has 2 aromatic heterocycles. The highest BCUT2D eigenvalue weighted by Gasteiger charge is 2.18. The molecule has 0 radical (unpaired) electrons. The lowest BCUT2D eigenvalue weighted by Gasteiger charge is -2.16. The van der Waals surface area contributed by atoms with Crippen LogP contribution in [-0.2, 0) is 4.79 Å². The van der Waals surface area contributed by atoms with Gasteiger partial charge in [0.1, 0.15) is 0 Å². The highest BCUT2D eigenvalue weighted by Crippen LogP contribution is 2.28. The maximum Gasteiger partial charge on any atom is 0.230 e. The Morgan fingerprint density at radius 1 is 1.06 bits per heavy atom. The third kappa shape index (κ3) is 5.03. The molecule has 1 N–H and O–H groups in total. The van der Waals surface area contributed by atoms with E-state index in [1.807, 2.05) is 78.2 Å². The van der Waals surface area contributed by atoms with Gasteiger partial charge in [0.15, 0.2) is 11.0 Å². The van der Waals surface area contributed by atoms with Crippen molar-refractivity contribution < 1.29 is 4.79 Å². The van der Waals surface area contributed by atoms with Gasteiger partial charge in [-0.3, -0.25) is 14.3 Å². The summed E-state index contributed by atoms with van der Waals surface area (Å²) in [6.07, 6.45) is 3.48. The van der Waals surface area contributed by atoms with Crippen molar-refractivity contribution in [2.75, 3.05) is 5.75 Å². The number of rotatable bonds is 7. The Bertz CT molecular complexity index is 1170. The number of pyridine rings is 1. The lowest BCUT2D eigenvalue weighted by atomic mass is 10.1. The standard InChI is InChI=1S/C23H20BrN5OS/c1-16(19-11-5-6-12-20(19)24)26-21(30)15-31-23-28-27-22(17-8-7-13-25-14-17)29(23)18-9-3-2-4-10-18/h2-14,16H,15H2,1H3,(H,26,30). The van der Waals surface area contributed by atoms with Crippen molar-refractivity contribution in [2.24, 2.45) is 0 Å². The fourth-order valence-electron chi connectivity index (χ4n) is 3.17. The predicted octanol–water partition coefficient (Wildman–Crippen LogP) is 5.06. The first-order valence-electron chi connectivity index (χ1n) is 9.71. The van der Waals surface area contributed by atoms with Crippen molar-refractivity contribution in [3.63, 3.8) is 0 Å². The molecule has 6 nitrogen and oxygen atoms in total. The lowest BCUT2D eigenvalue weighted by molar-refractivity contribution is -0.119. The average molecular weight is 494 g/mol. The van der Waals surface area contributed by atoms with Gasteiger partial charge in [0.05, 0.1) is 11.8 Å². The van der Waals surface area contributed by atoms with E-state index >= 15 is 0 Å². The molecule has 0 saturated carbocycles. The number of nitrogens with zero attached hydrogens (tertiary/aromatic N) is 4. The number of carbonyl (C=O) groups is 1. The van der Waals surface area contributed by atoms with E-state index in [1.165, 1.54) is 11.8 Å². The van der Waals surface area contributed by atoms with Crippen LogP contribution in [-0.4, -0.2) is 31.4 Å². The first-order chi connectivity index (χ1) is 15.1.